The van der Waals surface area contributed by atoms with E-state index in [9.17, 15) is 8.42 Å². The molecule has 1 aromatic carbocycles. The van der Waals surface area contributed by atoms with E-state index in [0.717, 1.165) is 0 Å². The Hall–Kier alpha value is -1.33. The summed E-state index contributed by atoms with van der Waals surface area (Å²) < 4.78 is 28.9. The summed E-state index contributed by atoms with van der Waals surface area (Å²) in [5, 5.41) is 3.94. The Morgan fingerprint density at radius 2 is 1.88 bits per heavy atom. The zero-order chi connectivity index (χ0) is 11.8. The van der Waals surface area contributed by atoms with Crippen LogP contribution in [0.2, 0.25) is 5.02 Å². The Labute approximate surface area is 97.7 Å². The molecule has 1 aromatic heterocycles. The van der Waals surface area contributed by atoms with Crippen molar-refractivity contribution in [2.75, 3.05) is 0 Å². The highest BCUT2D eigenvalue weighted by Gasteiger charge is 2.22. The molecule has 0 bridgehead atoms. The molecule has 1 heterocycles. The molecule has 0 unspecified atom stereocenters. The van der Waals surface area contributed by atoms with Crippen LogP contribution in [0.1, 0.15) is 5.76 Å². The molecule has 0 fully saturated rings. The zero-order valence-electron chi connectivity index (χ0n) is 8.34. The highest BCUT2D eigenvalue weighted by molar-refractivity contribution is 7.91. The minimum atomic E-state index is -3.56. The van der Waals surface area contributed by atoms with Gasteiger partial charge in [-0.25, -0.2) is 8.42 Å². The number of halogens is 1. The van der Waals surface area contributed by atoms with Crippen LogP contribution in [-0.4, -0.2) is 13.6 Å². The van der Waals surface area contributed by atoms with Gasteiger partial charge in [0.2, 0.25) is 9.84 Å². The summed E-state index contributed by atoms with van der Waals surface area (Å²) in [7, 11) is -3.56. The Morgan fingerprint density at radius 1 is 1.25 bits per heavy atom. The normalized spacial score (nSPS) is 11.6. The lowest BCUT2D eigenvalue weighted by molar-refractivity contribution is 0.394. The van der Waals surface area contributed by atoms with Gasteiger partial charge in [-0.2, -0.15) is 0 Å². The van der Waals surface area contributed by atoms with Crippen LogP contribution < -0.4 is 0 Å². The highest BCUT2D eigenvalue weighted by atomic mass is 35.5. The number of hydrogen-bond acceptors (Lipinski definition) is 4. The second kappa shape index (κ2) is 3.92. The van der Waals surface area contributed by atoms with E-state index in [1.165, 1.54) is 30.5 Å². The van der Waals surface area contributed by atoms with Gasteiger partial charge in [-0.05, 0) is 31.2 Å². The van der Waals surface area contributed by atoms with Crippen molar-refractivity contribution in [3.63, 3.8) is 0 Å². The number of hydrogen-bond donors (Lipinski definition) is 0. The lowest BCUT2D eigenvalue weighted by Crippen LogP contribution is -2.01. The second-order valence-corrected chi connectivity index (χ2v) is 5.56. The van der Waals surface area contributed by atoms with Crippen molar-refractivity contribution in [1.29, 1.82) is 0 Å². The molecular weight excluding hydrogens is 250 g/mol. The van der Waals surface area contributed by atoms with Gasteiger partial charge in [-0.1, -0.05) is 16.8 Å². The van der Waals surface area contributed by atoms with Crippen LogP contribution in [0.3, 0.4) is 0 Å². The van der Waals surface area contributed by atoms with Crippen molar-refractivity contribution in [1.82, 2.24) is 5.16 Å². The number of rotatable bonds is 2. The van der Waals surface area contributed by atoms with Crippen LogP contribution in [0.5, 0.6) is 0 Å². The monoisotopic (exact) mass is 257 g/mol. The summed E-state index contributed by atoms with van der Waals surface area (Å²) in [4.78, 5) is 0.248. The molecule has 84 valence electrons. The third-order valence-electron chi connectivity index (χ3n) is 2.12. The first-order chi connectivity index (χ1) is 7.51. The molecule has 0 amide bonds. The molecule has 16 heavy (non-hydrogen) atoms. The van der Waals surface area contributed by atoms with E-state index in [2.05, 4.69) is 5.16 Å². The first-order valence-corrected chi connectivity index (χ1v) is 6.30. The van der Waals surface area contributed by atoms with E-state index in [1.54, 1.807) is 6.92 Å². The molecule has 0 aliphatic heterocycles. The minimum absolute atomic E-state index is 0.0785. The summed E-state index contributed by atoms with van der Waals surface area (Å²) in [5.41, 5.74) is 0. The van der Waals surface area contributed by atoms with Crippen molar-refractivity contribution >= 4 is 21.4 Å². The molecule has 0 atom stereocenters. The summed E-state index contributed by atoms with van der Waals surface area (Å²) in [6.45, 7) is 1.55. The number of aryl methyl sites for hydroxylation is 1. The average molecular weight is 258 g/mol. The molecule has 0 N–H and O–H groups in total. The predicted molar refractivity (Wildman–Crippen MR) is 58.1 cm³/mol. The van der Waals surface area contributed by atoms with E-state index in [0.29, 0.717) is 5.02 Å². The quantitative estimate of drug-likeness (QED) is 0.829. The van der Waals surface area contributed by atoms with E-state index >= 15 is 0 Å². The van der Waals surface area contributed by atoms with E-state index < -0.39 is 9.84 Å². The molecule has 2 aromatic rings. The van der Waals surface area contributed by atoms with Crippen molar-refractivity contribution in [3.05, 3.63) is 41.2 Å². The van der Waals surface area contributed by atoms with Gasteiger partial charge in [0, 0.05) is 5.02 Å². The summed E-state index contributed by atoms with van der Waals surface area (Å²) in [5.74, 6) is 0.273. The lowest BCUT2D eigenvalue weighted by atomic mass is 10.4. The molecule has 4 nitrogen and oxygen atoms in total. The van der Waals surface area contributed by atoms with Gasteiger partial charge in [-0.15, -0.1) is 0 Å². The molecule has 0 aliphatic carbocycles. The van der Waals surface area contributed by atoms with E-state index in [4.69, 9.17) is 16.1 Å². The first kappa shape index (κ1) is 11.2. The van der Waals surface area contributed by atoms with Crippen molar-refractivity contribution in [3.8, 4) is 0 Å². The molecule has 0 spiro atoms. The molecule has 0 aliphatic rings. The van der Waals surface area contributed by atoms with Crippen LogP contribution >= 0.6 is 11.6 Å². The summed E-state index contributed by atoms with van der Waals surface area (Å²) in [6, 6.07) is 5.95. The van der Waals surface area contributed by atoms with E-state index in [-0.39, 0.29) is 15.6 Å². The van der Waals surface area contributed by atoms with Gasteiger partial charge >= 0.3 is 0 Å². The van der Waals surface area contributed by atoms with Crippen LogP contribution in [0.25, 0.3) is 0 Å². The SMILES string of the molecule is Cc1oncc1S(=O)(=O)c1ccc(Cl)cc1. The number of nitrogens with zero attached hydrogens (tertiary/aromatic N) is 1. The maximum absolute atomic E-state index is 12.1. The molecule has 0 saturated carbocycles. The number of benzene rings is 1. The van der Waals surface area contributed by atoms with Crippen molar-refractivity contribution in [2.45, 2.75) is 16.7 Å². The van der Waals surface area contributed by atoms with Crippen molar-refractivity contribution in [2.24, 2.45) is 0 Å². The number of aromatic nitrogens is 1. The molecular formula is C10H8ClNO3S. The third kappa shape index (κ3) is 1.83. The fraction of sp³-hybridized carbons (Fsp3) is 0.100. The van der Waals surface area contributed by atoms with Gasteiger partial charge in [0.05, 0.1) is 11.1 Å². The topological polar surface area (TPSA) is 60.2 Å². The number of sulfone groups is 1. The van der Waals surface area contributed by atoms with Gasteiger partial charge in [0.1, 0.15) is 4.90 Å². The minimum Gasteiger partial charge on any atom is -0.360 e. The van der Waals surface area contributed by atoms with Crippen LogP contribution in [-0.2, 0) is 9.84 Å². The Kier molecular flexibility index (Phi) is 2.73. The second-order valence-electron chi connectivity index (χ2n) is 3.20. The molecule has 0 saturated heterocycles. The Balaban J connectivity index is 2.56. The van der Waals surface area contributed by atoms with Gasteiger partial charge in [0.25, 0.3) is 0 Å². The maximum atomic E-state index is 12.1. The van der Waals surface area contributed by atoms with Crippen LogP contribution in [0, 0.1) is 6.92 Å². The molecule has 6 heteroatoms. The maximum Gasteiger partial charge on any atom is 0.211 e. The Morgan fingerprint density at radius 3 is 2.38 bits per heavy atom. The van der Waals surface area contributed by atoms with Gasteiger partial charge in [0.15, 0.2) is 5.76 Å². The fourth-order valence-electron chi connectivity index (χ4n) is 1.29. The standard InChI is InChI=1S/C10H8ClNO3S/c1-7-10(6-12-15-7)16(13,14)9-4-2-8(11)3-5-9/h2-6H,1H3. The third-order valence-corrected chi connectivity index (χ3v) is 4.24. The van der Waals surface area contributed by atoms with E-state index in [1.807, 2.05) is 0 Å². The molecule has 2 rings (SSSR count). The summed E-state index contributed by atoms with van der Waals surface area (Å²) in [6.07, 6.45) is 1.19. The average Bonchev–Trinajstić information content (AvgIpc) is 2.66. The summed E-state index contributed by atoms with van der Waals surface area (Å²) >= 11 is 5.69. The van der Waals surface area contributed by atoms with Crippen LogP contribution in [0.15, 0.2) is 44.8 Å². The van der Waals surface area contributed by atoms with Gasteiger partial charge in [-0.3, -0.25) is 0 Å². The van der Waals surface area contributed by atoms with Gasteiger partial charge < -0.3 is 4.52 Å². The first-order valence-electron chi connectivity index (χ1n) is 4.44. The fourth-order valence-corrected chi connectivity index (χ4v) is 2.76. The van der Waals surface area contributed by atoms with Crippen LogP contribution in [0.4, 0.5) is 0 Å². The largest absolute Gasteiger partial charge is 0.360 e. The smallest absolute Gasteiger partial charge is 0.211 e. The van der Waals surface area contributed by atoms with Crippen molar-refractivity contribution < 1.29 is 12.9 Å². The molecule has 0 radical (unpaired) electrons. The lowest BCUT2D eigenvalue weighted by Gasteiger charge is -2.01. The predicted octanol–water partition coefficient (Wildman–Crippen LogP) is 2.47. The highest BCUT2D eigenvalue weighted by Crippen LogP contribution is 2.24. The zero-order valence-corrected chi connectivity index (χ0v) is 9.92. The Bertz CT molecular complexity index is 601.